The minimum absolute atomic E-state index is 0.0667. The van der Waals surface area contributed by atoms with Crippen LogP contribution in [0.2, 0.25) is 0 Å². The van der Waals surface area contributed by atoms with Crippen LogP contribution in [0.5, 0.6) is 17.2 Å². The van der Waals surface area contributed by atoms with Gasteiger partial charge in [0.05, 0.1) is 14.2 Å². The molecule has 1 N–H and O–H groups in total. The van der Waals surface area contributed by atoms with Crippen molar-refractivity contribution in [3.8, 4) is 17.2 Å². The first-order chi connectivity index (χ1) is 10.2. The number of pyridine rings is 1. The minimum atomic E-state index is -0.382. The van der Waals surface area contributed by atoms with Crippen LogP contribution in [-0.2, 0) is 0 Å². The lowest BCUT2D eigenvalue weighted by molar-refractivity contribution is 0.104. The van der Waals surface area contributed by atoms with Crippen molar-refractivity contribution >= 4 is 11.9 Å². The fourth-order valence-electron chi connectivity index (χ4n) is 1.86. The molecule has 0 radical (unpaired) electrons. The largest absolute Gasteiger partial charge is 0.504 e. The Morgan fingerprint density at radius 2 is 1.90 bits per heavy atom. The van der Waals surface area contributed by atoms with Crippen molar-refractivity contribution in [1.82, 2.24) is 4.98 Å². The summed E-state index contributed by atoms with van der Waals surface area (Å²) in [7, 11) is 2.85. The van der Waals surface area contributed by atoms with Crippen molar-refractivity contribution in [2.75, 3.05) is 14.2 Å². The van der Waals surface area contributed by atoms with Crippen molar-refractivity contribution in [3.05, 3.63) is 53.9 Å². The maximum atomic E-state index is 12.3. The average Bonchev–Trinajstić information content (AvgIpc) is 2.53. The number of ether oxygens (including phenoxy) is 2. The summed E-state index contributed by atoms with van der Waals surface area (Å²) >= 11 is 0. The van der Waals surface area contributed by atoms with Crippen molar-refractivity contribution < 1.29 is 19.4 Å². The second-order valence-corrected chi connectivity index (χ2v) is 4.18. The van der Waals surface area contributed by atoms with Crippen LogP contribution < -0.4 is 9.47 Å². The molecule has 0 spiro atoms. The molecule has 0 unspecified atom stereocenters. The van der Waals surface area contributed by atoms with Gasteiger partial charge in [0.25, 0.3) is 0 Å². The summed E-state index contributed by atoms with van der Waals surface area (Å²) in [6.45, 7) is 0. The maximum Gasteiger partial charge on any atom is 0.193 e. The topological polar surface area (TPSA) is 68.7 Å². The van der Waals surface area contributed by atoms with Gasteiger partial charge in [-0.05, 0) is 35.9 Å². The quantitative estimate of drug-likeness (QED) is 0.675. The molecule has 0 fully saturated rings. The summed E-state index contributed by atoms with van der Waals surface area (Å²) < 4.78 is 10.1. The Balaban J connectivity index is 2.36. The van der Waals surface area contributed by atoms with Crippen LogP contribution >= 0.6 is 0 Å². The second kappa shape index (κ2) is 6.56. The highest BCUT2D eigenvalue weighted by atomic mass is 16.5. The number of phenolic OH excluding ortho intramolecular Hbond substituents is 1. The zero-order chi connectivity index (χ0) is 15.2. The number of allylic oxidation sites excluding steroid dienone is 1. The normalized spacial score (nSPS) is 10.6. The summed E-state index contributed by atoms with van der Waals surface area (Å²) in [5.74, 6) is -0.118. The van der Waals surface area contributed by atoms with Crippen molar-refractivity contribution in [1.29, 1.82) is 0 Å². The minimum Gasteiger partial charge on any atom is -0.504 e. The molecule has 0 aliphatic carbocycles. The molecule has 1 aromatic carbocycles. The van der Waals surface area contributed by atoms with Crippen LogP contribution in [0.1, 0.15) is 15.9 Å². The van der Waals surface area contributed by atoms with Gasteiger partial charge in [-0.25, -0.2) is 0 Å². The van der Waals surface area contributed by atoms with Crippen molar-refractivity contribution in [2.24, 2.45) is 0 Å². The predicted molar refractivity (Wildman–Crippen MR) is 78.8 cm³/mol. The lowest BCUT2D eigenvalue weighted by Crippen LogP contribution is -2.01. The highest BCUT2D eigenvalue weighted by Crippen LogP contribution is 2.36. The number of hydrogen-bond acceptors (Lipinski definition) is 5. The highest BCUT2D eigenvalue weighted by Gasteiger charge is 2.19. The highest BCUT2D eigenvalue weighted by molar-refractivity contribution is 6.11. The number of rotatable bonds is 5. The third-order valence-corrected chi connectivity index (χ3v) is 2.90. The molecule has 0 saturated heterocycles. The van der Waals surface area contributed by atoms with E-state index in [4.69, 9.17) is 9.47 Å². The standard InChI is InChI=1S/C16H15NO4/c1-20-13-7-8-14(21-2)16(19)15(13)12(18)6-5-11-4-3-9-17-10-11/h3-10,19H,1-2H3/b6-5+. The van der Waals surface area contributed by atoms with Gasteiger partial charge >= 0.3 is 0 Å². The Bertz CT molecular complexity index is 665. The zero-order valence-corrected chi connectivity index (χ0v) is 11.7. The monoisotopic (exact) mass is 285 g/mol. The van der Waals surface area contributed by atoms with Crippen LogP contribution in [0.4, 0.5) is 0 Å². The van der Waals surface area contributed by atoms with E-state index in [0.717, 1.165) is 5.56 Å². The zero-order valence-electron chi connectivity index (χ0n) is 11.7. The van der Waals surface area contributed by atoms with Gasteiger partial charge in [-0.2, -0.15) is 0 Å². The molecule has 0 amide bonds. The van der Waals surface area contributed by atoms with Gasteiger partial charge in [0.2, 0.25) is 0 Å². The Kier molecular flexibility index (Phi) is 4.56. The molecule has 5 heteroatoms. The molecule has 108 valence electrons. The fourth-order valence-corrected chi connectivity index (χ4v) is 1.86. The molecule has 0 aliphatic heterocycles. The molecule has 21 heavy (non-hydrogen) atoms. The summed E-state index contributed by atoms with van der Waals surface area (Å²) in [6.07, 6.45) is 6.25. The maximum absolute atomic E-state index is 12.3. The SMILES string of the molecule is COc1ccc(OC)c(C(=O)/C=C/c2cccnc2)c1O. The van der Waals surface area contributed by atoms with E-state index in [2.05, 4.69) is 4.98 Å². The molecule has 1 heterocycles. The summed E-state index contributed by atoms with van der Waals surface area (Å²) in [6, 6.07) is 6.70. The number of aromatic hydroxyl groups is 1. The van der Waals surface area contributed by atoms with Gasteiger partial charge in [-0.3, -0.25) is 9.78 Å². The fraction of sp³-hybridized carbons (Fsp3) is 0.125. The summed E-state index contributed by atoms with van der Waals surface area (Å²) in [5, 5.41) is 10.1. The lowest BCUT2D eigenvalue weighted by atomic mass is 10.1. The van der Waals surface area contributed by atoms with Crippen LogP contribution in [0, 0.1) is 0 Å². The lowest BCUT2D eigenvalue weighted by Gasteiger charge is -2.11. The van der Waals surface area contributed by atoms with E-state index in [1.165, 1.54) is 26.4 Å². The van der Waals surface area contributed by atoms with E-state index in [1.54, 1.807) is 30.6 Å². The molecule has 0 saturated carbocycles. The first kappa shape index (κ1) is 14.6. The first-order valence-corrected chi connectivity index (χ1v) is 6.23. The van der Waals surface area contributed by atoms with Crippen molar-refractivity contribution in [2.45, 2.75) is 0 Å². The molecule has 5 nitrogen and oxygen atoms in total. The number of hydrogen-bond donors (Lipinski definition) is 1. The van der Waals surface area contributed by atoms with Gasteiger partial charge in [-0.15, -0.1) is 0 Å². The molecular weight excluding hydrogens is 270 g/mol. The average molecular weight is 285 g/mol. The number of aromatic nitrogens is 1. The van der Waals surface area contributed by atoms with Gasteiger partial charge in [-0.1, -0.05) is 6.07 Å². The number of phenols is 1. The summed E-state index contributed by atoms with van der Waals surface area (Å²) in [5.41, 5.74) is 0.851. The Hall–Kier alpha value is -2.82. The molecule has 0 bridgehead atoms. The second-order valence-electron chi connectivity index (χ2n) is 4.18. The Labute approximate surface area is 122 Å². The molecule has 1 aromatic heterocycles. The molecular formula is C16H15NO4. The third-order valence-electron chi connectivity index (χ3n) is 2.90. The number of ketones is 1. The molecule has 2 rings (SSSR count). The Morgan fingerprint density at radius 3 is 2.52 bits per heavy atom. The molecule has 2 aromatic rings. The number of carbonyl (C=O) groups excluding carboxylic acids is 1. The van der Waals surface area contributed by atoms with E-state index in [1.807, 2.05) is 6.07 Å². The Morgan fingerprint density at radius 1 is 1.19 bits per heavy atom. The number of methoxy groups -OCH3 is 2. The first-order valence-electron chi connectivity index (χ1n) is 6.23. The van der Waals surface area contributed by atoms with Crippen LogP contribution in [-0.4, -0.2) is 30.1 Å². The molecule has 0 atom stereocenters. The van der Waals surface area contributed by atoms with Gasteiger partial charge in [0, 0.05) is 12.4 Å². The van der Waals surface area contributed by atoms with Gasteiger partial charge < -0.3 is 14.6 Å². The number of nitrogens with zero attached hydrogens (tertiary/aromatic N) is 1. The van der Waals surface area contributed by atoms with Crippen molar-refractivity contribution in [3.63, 3.8) is 0 Å². The van der Waals surface area contributed by atoms with E-state index in [0.29, 0.717) is 0 Å². The van der Waals surface area contributed by atoms with E-state index >= 15 is 0 Å². The number of carbonyl (C=O) groups is 1. The van der Waals surface area contributed by atoms with Gasteiger partial charge in [0.1, 0.15) is 11.3 Å². The third kappa shape index (κ3) is 3.20. The van der Waals surface area contributed by atoms with E-state index < -0.39 is 0 Å². The predicted octanol–water partition coefficient (Wildman–Crippen LogP) is 2.70. The van der Waals surface area contributed by atoms with E-state index in [9.17, 15) is 9.90 Å². The molecule has 0 aliphatic rings. The smallest absolute Gasteiger partial charge is 0.193 e. The van der Waals surface area contributed by atoms with Crippen LogP contribution in [0.15, 0.2) is 42.7 Å². The van der Waals surface area contributed by atoms with Gasteiger partial charge in [0.15, 0.2) is 17.3 Å². The van der Waals surface area contributed by atoms with Crippen LogP contribution in [0.3, 0.4) is 0 Å². The number of benzene rings is 1. The van der Waals surface area contributed by atoms with E-state index in [-0.39, 0.29) is 28.6 Å². The van der Waals surface area contributed by atoms with Crippen LogP contribution in [0.25, 0.3) is 6.08 Å². The summed E-state index contributed by atoms with van der Waals surface area (Å²) in [4.78, 5) is 16.2.